The minimum Gasteiger partial charge on any atom is -0.480 e. The van der Waals surface area contributed by atoms with Crippen molar-refractivity contribution in [1.82, 2.24) is 4.90 Å². The molecule has 4 heteroatoms. The summed E-state index contributed by atoms with van der Waals surface area (Å²) >= 11 is 0. The molecule has 1 atom stereocenters. The van der Waals surface area contributed by atoms with E-state index in [9.17, 15) is 4.79 Å². The highest BCUT2D eigenvalue weighted by Gasteiger charge is 2.25. The van der Waals surface area contributed by atoms with E-state index in [4.69, 9.17) is 5.11 Å². The summed E-state index contributed by atoms with van der Waals surface area (Å²) in [7, 11) is 0. The maximum atomic E-state index is 10.9. The summed E-state index contributed by atoms with van der Waals surface area (Å²) in [5.41, 5.74) is 2.49. The van der Waals surface area contributed by atoms with Crippen LogP contribution in [0.3, 0.4) is 0 Å². The highest BCUT2D eigenvalue weighted by atomic mass is 16.4. The van der Waals surface area contributed by atoms with E-state index in [0.29, 0.717) is 0 Å². The molecule has 1 aliphatic rings. The van der Waals surface area contributed by atoms with Gasteiger partial charge in [-0.25, -0.2) is 0 Å². The van der Waals surface area contributed by atoms with Gasteiger partial charge in [0.2, 0.25) is 0 Å². The van der Waals surface area contributed by atoms with Crippen LogP contribution in [-0.2, 0) is 4.79 Å². The van der Waals surface area contributed by atoms with Crippen molar-refractivity contribution in [3.8, 4) is 0 Å². The Labute approximate surface area is 108 Å². The molecule has 98 valence electrons. The quantitative estimate of drug-likeness (QED) is 0.882. The van der Waals surface area contributed by atoms with Gasteiger partial charge in [-0.1, -0.05) is 12.1 Å². The lowest BCUT2D eigenvalue weighted by atomic mass is 10.1. The predicted octanol–water partition coefficient (Wildman–Crippen LogP) is 1.59. The van der Waals surface area contributed by atoms with Crippen LogP contribution in [0, 0.1) is 6.92 Å². The molecule has 0 saturated carbocycles. The van der Waals surface area contributed by atoms with E-state index in [1.54, 1.807) is 6.92 Å². The molecule has 4 nitrogen and oxygen atoms in total. The Morgan fingerprint density at radius 2 is 1.94 bits per heavy atom. The molecule has 2 rings (SSSR count). The van der Waals surface area contributed by atoms with Gasteiger partial charge in [-0.05, 0) is 31.5 Å². The molecule has 0 radical (unpaired) electrons. The number of aliphatic carboxylic acids is 1. The van der Waals surface area contributed by atoms with E-state index in [-0.39, 0.29) is 6.04 Å². The number of hydrogen-bond acceptors (Lipinski definition) is 3. The van der Waals surface area contributed by atoms with Gasteiger partial charge in [-0.2, -0.15) is 0 Å². The highest BCUT2D eigenvalue weighted by molar-refractivity contribution is 5.72. The van der Waals surface area contributed by atoms with Gasteiger partial charge in [0.25, 0.3) is 0 Å². The first-order valence-corrected chi connectivity index (χ1v) is 6.36. The summed E-state index contributed by atoms with van der Waals surface area (Å²) in [6.45, 7) is 7.24. The summed E-state index contributed by atoms with van der Waals surface area (Å²) in [5.74, 6) is -0.737. The second-order valence-corrected chi connectivity index (χ2v) is 4.88. The zero-order chi connectivity index (χ0) is 13.1. The number of carbonyl (C=O) groups is 1. The molecular weight excluding hydrogens is 228 g/mol. The molecule has 18 heavy (non-hydrogen) atoms. The molecule has 0 unspecified atom stereocenters. The lowest BCUT2D eigenvalue weighted by Crippen LogP contribution is -2.51. The van der Waals surface area contributed by atoms with Crippen molar-refractivity contribution in [3.63, 3.8) is 0 Å². The fraction of sp³-hybridized carbons (Fsp3) is 0.500. The highest BCUT2D eigenvalue weighted by Crippen LogP contribution is 2.18. The first kappa shape index (κ1) is 12.9. The fourth-order valence-corrected chi connectivity index (χ4v) is 2.35. The number of hydrogen-bond donors (Lipinski definition) is 1. The topological polar surface area (TPSA) is 43.8 Å². The Balaban J connectivity index is 1.96. The average molecular weight is 248 g/mol. The van der Waals surface area contributed by atoms with Gasteiger partial charge in [0.1, 0.15) is 6.04 Å². The number of nitrogens with zero attached hydrogens (tertiary/aromatic N) is 2. The zero-order valence-electron chi connectivity index (χ0n) is 11.0. The minimum atomic E-state index is -0.737. The van der Waals surface area contributed by atoms with Crippen molar-refractivity contribution in [3.05, 3.63) is 29.8 Å². The Hall–Kier alpha value is -1.55. The van der Waals surface area contributed by atoms with Crippen molar-refractivity contribution in [2.75, 3.05) is 31.1 Å². The molecule has 0 bridgehead atoms. The van der Waals surface area contributed by atoms with Crippen molar-refractivity contribution >= 4 is 11.7 Å². The molecule has 1 heterocycles. The monoisotopic (exact) mass is 248 g/mol. The van der Waals surface area contributed by atoms with Crippen LogP contribution in [0.5, 0.6) is 0 Å². The van der Waals surface area contributed by atoms with Gasteiger partial charge >= 0.3 is 5.97 Å². The van der Waals surface area contributed by atoms with Gasteiger partial charge in [-0.15, -0.1) is 0 Å². The molecule has 1 saturated heterocycles. The van der Waals surface area contributed by atoms with Crippen LogP contribution in [-0.4, -0.2) is 48.2 Å². The van der Waals surface area contributed by atoms with E-state index in [1.807, 2.05) is 4.90 Å². The molecular formula is C14H20N2O2. The van der Waals surface area contributed by atoms with Crippen molar-refractivity contribution in [2.45, 2.75) is 19.9 Å². The largest absolute Gasteiger partial charge is 0.480 e. The van der Waals surface area contributed by atoms with E-state index < -0.39 is 5.97 Å². The summed E-state index contributed by atoms with van der Waals surface area (Å²) in [6.07, 6.45) is 0. The maximum absolute atomic E-state index is 10.9. The normalized spacial score (nSPS) is 18.7. The summed E-state index contributed by atoms with van der Waals surface area (Å²) in [6, 6.07) is 8.06. The van der Waals surface area contributed by atoms with Crippen molar-refractivity contribution in [2.24, 2.45) is 0 Å². The summed E-state index contributed by atoms with van der Waals surface area (Å²) < 4.78 is 0. The van der Waals surface area contributed by atoms with Crippen LogP contribution in [0.1, 0.15) is 12.5 Å². The van der Waals surface area contributed by atoms with E-state index in [2.05, 4.69) is 36.1 Å². The van der Waals surface area contributed by atoms with Crippen LogP contribution in [0.25, 0.3) is 0 Å². The number of piperazine rings is 1. The lowest BCUT2D eigenvalue weighted by molar-refractivity contribution is -0.142. The Bertz CT molecular complexity index is 426. The van der Waals surface area contributed by atoms with E-state index in [0.717, 1.165) is 26.2 Å². The standard InChI is InChI=1S/C14H20N2O2/c1-11-4-3-5-13(10-11)16-8-6-15(7-9-16)12(2)14(17)18/h3-5,10,12H,6-9H2,1-2H3,(H,17,18)/t12-/m1/s1. The first-order chi connectivity index (χ1) is 8.58. The molecule has 0 aromatic heterocycles. The Morgan fingerprint density at radius 1 is 1.28 bits per heavy atom. The van der Waals surface area contributed by atoms with E-state index >= 15 is 0 Å². The molecule has 1 N–H and O–H groups in total. The van der Waals surface area contributed by atoms with Gasteiger partial charge in [0, 0.05) is 31.9 Å². The van der Waals surface area contributed by atoms with Gasteiger partial charge in [0.05, 0.1) is 0 Å². The van der Waals surface area contributed by atoms with Crippen molar-refractivity contribution in [1.29, 1.82) is 0 Å². The molecule has 1 aliphatic heterocycles. The van der Waals surface area contributed by atoms with E-state index in [1.165, 1.54) is 11.3 Å². The smallest absolute Gasteiger partial charge is 0.320 e. The minimum absolute atomic E-state index is 0.385. The third kappa shape index (κ3) is 2.82. The fourth-order valence-electron chi connectivity index (χ4n) is 2.35. The molecule has 1 aromatic rings. The summed E-state index contributed by atoms with van der Waals surface area (Å²) in [4.78, 5) is 15.3. The Kier molecular flexibility index (Phi) is 3.87. The number of rotatable bonds is 3. The van der Waals surface area contributed by atoms with Crippen molar-refractivity contribution < 1.29 is 9.90 Å². The zero-order valence-corrected chi connectivity index (χ0v) is 11.0. The van der Waals surface area contributed by atoms with Gasteiger partial charge < -0.3 is 10.0 Å². The molecule has 0 aliphatic carbocycles. The van der Waals surface area contributed by atoms with Crippen LogP contribution in [0.4, 0.5) is 5.69 Å². The molecule has 1 fully saturated rings. The maximum Gasteiger partial charge on any atom is 0.320 e. The number of benzene rings is 1. The number of aryl methyl sites for hydroxylation is 1. The lowest BCUT2D eigenvalue weighted by Gasteiger charge is -2.37. The van der Waals surface area contributed by atoms with Gasteiger partial charge in [-0.3, -0.25) is 9.69 Å². The number of carboxylic acids is 1. The van der Waals surface area contributed by atoms with Crippen LogP contribution >= 0.6 is 0 Å². The molecule has 1 aromatic carbocycles. The third-order valence-electron chi connectivity index (χ3n) is 3.59. The summed E-state index contributed by atoms with van der Waals surface area (Å²) in [5, 5.41) is 9.00. The predicted molar refractivity (Wildman–Crippen MR) is 72.1 cm³/mol. The third-order valence-corrected chi connectivity index (χ3v) is 3.59. The molecule has 0 amide bonds. The average Bonchev–Trinajstić information content (AvgIpc) is 2.38. The molecule has 0 spiro atoms. The second-order valence-electron chi connectivity index (χ2n) is 4.88. The van der Waals surface area contributed by atoms with Crippen LogP contribution < -0.4 is 4.90 Å². The Morgan fingerprint density at radius 3 is 2.50 bits per heavy atom. The number of carboxylic acid groups (broad SMARTS) is 1. The second kappa shape index (κ2) is 5.40. The first-order valence-electron chi connectivity index (χ1n) is 6.36. The van der Waals surface area contributed by atoms with Crippen LogP contribution in [0.2, 0.25) is 0 Å². The number of anilines is 1. The SMILES string of the molecule is Cc1cccc(N2CCN([C@H](C)C(=O)O)CC2)c1. The van der Waals surface area contributed by atoms with Crippen LogP contribution in [0.15, 0.2) is 24.3 Å². The van der Waals surface area contributed by atoms with Gasteiger partial charge in [0.15, 0.2) is 0 Å².